The van der Waals surface area contributed by atoms with Crippen molar-refractivity contribution in [3.8, 4) is 5.75 Å². The number of rotatable bonds is 3. The highest BCUT2D eigenvalue weighted by Crippen LogP contribution is 2.12. The molecule has 2 nitrogen and oxygen atoms in total. The molecule has 0 N–H and O–H groups in total. The van der Waals surface area contributed by atoms with Gasteiger partial charge in [0, 0.05) is 0 Å². The molecule has 1 aromatic rings. The van der Waals surface area contributed by atoms with Gasteiger partial charge in [-0.25, -0.2) is 0 Å². The number of halogens is 1. The smallest absolute Gasteiger partial charge is 0.321 e. The van der Waals surface area contributed by atoms with Gasteiger partial charge in [-0.15, -0.1) is 0 Å². The molecule has 0 amide bonds. The van der Waals surface area contributed by atoms with E-state index in [0.717, 1.165) is 6.42 Å². The van der Waals surface area contributed by atoms with E-state index >= 15 is 0 Å². The third kappa shape index (κ3) is 3.19. The summed E-state index contributed by atoms with van der Waals surface area (Å²) in [5.74, 6) is 0.325. The Morgan fingerprint density at radius 2 is 2.00 bits per heavy atom. The van der Waals surface area contributed by atoms with Crippen LogP contribution in [-0.4, -0.2) is 11.3 Å². The Morgan fingerprint density at radius 3 is 2.46 bits per heavy atom. The molecule has 0 aromatic heterocycles. The minimum absolute atomic E-state index is 0.225. The largest absolute Gasteiger partial charge is 0.426 e. The van der Waals surface area contributed by atoms with Gasteiger partial charge in [0.1, 0.15) is 11.1 Å². The second-order valence-corrected chi connectivity index (χ2v) is 3.17. The van der Waals surface area contributed by atoms with E-state index in [1.54, 1.807) is 12.1 Å². The van der Waals surface area contributed by atoms with Crippen molar-refractivity contribution < 1.29 is 9.53 Å². The molecular weight excluding hydrogens is 232 g/mol. The second-order valence-electron chi connectivity index (χ2n) is 2.61. The summed E-state index contributed by atoms with van der Waals surface area (Å²) in [5, 5.41) is 0.225. The van der Waals surface area contributed by atoms with Gasteiger partial charge >= 0.3 is 5.97 Å². The number of aryl methyl sites for hydroxylation is 1. The molecular formula is C10H11BrO2. The zero-order valence-corrected chi connectivity index (χ0v) is 9.00. The first-order valence-corrected chi connectivity index (χ1v) is 5.24. The number of hydrogen-bond donors (Lipinski definition) is 0. The first kappa shape index (κ1) is 10.3. The minimum Gasteiger partial charge on any atom is -0.426 e. The quantitative estimate of drug-likeness (QED) is 0.463. The number of esters is 1. The predicted octanol–water partition coefficient (Wildman–Crippen LogP) is 2.55. The molecule has 0 bridgehead atoms. The molecule has 0 saturated carbocycles. The predicted molar refractivity (Wildman–Crippen MR) is 55.2 cm³/mol. The average Bonchev–Trinajstić information content (AvgIpc) is 2.19. The van der Waals surface area contributed by atoms with Crippen molar-refractivity contribution >= 4 is 21.9 Å². The van der Waals surface area contributed by atoms with Gasteiger partial charge in [-0.2, -0.15) is 0 Å². The first-order valence-electron chi connectivity index (χ1n) is 4.12. The van der Waals surface area contributed by atoms with E-state index in [-0.39, 0.29) is 11.3 Å². The fraction of sp³-hybridized carbons (Fsp3) is 0.300. The molecule has 13 heavy (non-hydrogen) atoms. The van der Waals surface area contributed by atoms with Crippen LogP contribution in [-0.2, 0) is 11.2 Å². The summed E-state index contributed by atoms with van der Waals surface area (Å²) in [7, 11) is 0. The van der Waals surface area contributed by atoms with Crippen LogP contribution in [0.3, 0.4) is 0 Å². The molecule has 0 heterocycles. The Bertz CT molecular complexity index is 279. The molecule has 0 unspecified atom stereocenters. The van der Waals surface area contributed by atoms with Gasteiger partial charge in [0.05, 0.1) is 0 Å². The number of benzene rings is 1. The maximum Gasteiger partial charge on any atom is 0.321 e. The zero-order valence-electron chi connectivity index (χ0n) is 7.42. The van der Waals surface area contributed by atoms with Crippen molar-refractivity contribution in [3.05, 3.63) is 29.8 Å². The molecule has 1 aromatic carbocycles. The molecule has 0 aliphatic carbocycles. The lowest BCUT2D eigenvalue weighted by molar-refractivity contribution is -0.131. The fourth-order valence-corrected chi connectivity index (χ4v) is 1.07. The Morgan fingerprint density at radius 1 is 1.38 bits per heavy atom. The summed E-state index contributed by atoms with van der Waals surface area (Å²) in [6.07, 6.45) is 0.993. The van der Waals surface area contributed by atoms with Gasteiger partial charge in [0.15, 0.2) is 0 Å². The summed E-state index contributed by atoms with van der Waals surface area (Å²) >= 11 is 3.03. The molecule has 70 valence electrons. The van der Waals surface area contributed by atoms with Crippen LogP contribution in [0.1, 0.15) is 12.5 Å². The van der Waals surface area contributed by atoms with Crippen molar-refractivity contribution in [3.63, 3.8) is 0 Å². The molecule has 0 fully saturated rings. The summed E-state index contributed by atoms with van der Waals surface area (Å²) in [5.41, 5.74) is 1.23. The number of carbonyl (C=O) groups excluding carboxylic acids is 1. The third-order valence-electron chi connectivity index (χ3n) is 1.67. The first-order chi connectivity index (χ1) is 6.26. The van der Waals surface area contributed by atoms with Crippen LogP contribution in [0.15, 0.2) is 24.3 Å². The van der Waals surface area contributed by atoms with E-state index < -0.39 is 0 Å². The molecule has 0 radical (unpaired) electrons. The number of carbonyl (C=O) groups is 1. The average molecular weight is 243 g/mol. The second kappa shape index (κ2) is 5.02. The number of ether oxygens (including phenoxy) is 1. The van der Waals surface area contributed by atoms with E-state index in [9.17, 15) is 4.79 Å². The van der Waals surface area contributed by atoms with Gasteiger partial charge in [-0.1, -0.05) is 35.0 Å². The summed E-state index contributed by atoms with van der Waals surface area (Å²) in [4.78, 5) is 10.9. The fourth-order valence-electron chi connectivity index (χ4n) is 0.952. The summed E-state index contributed by atoms with van der Waals surface area (Å²) < 4.78 is 4.98. The Labute approximate surface area is 86.0 Å². The Balaban J connectivity index is 2.64. The SMILES string of the molecule is CCc1ccc(OC(=O)CBr)cc1. The monoisotopic (exact) mass is 242 g/mol. The van der Waals surface area contributed by atoms with Gasteiger partial charge in [-0.05, 0) is 24.1 Å². The highest BCUT2D eigenvalue weighted by Gasteiger charge is 2.01. The molecule has 3 heteroatoms. The van der Waals surface area contributed by atoms with E-state index in [4.69, 9.17) is 4.74 Å². The lowest BCUT2D eigenvalue weighted by Crippen LogP contribution is -2.08. The van der Waals surface area contributed by atoms with Crippen LogP contribution >= 0.6 is 15.9 Å². The highest BCUT2D eigenvalue weighted by molar-refractivity contribution is 9.09. The van der Waals surface area contributed by atoms with Crippen molar-refractivity contribution in [2.24, 2.45) is 0 Å². The van der Waals surface area contributed by atoms with E-state index in [1.165, 1.54) is 5.56 Å². The van der Waals surface area contributed by atoms with Crippen molar-refractivity contribution in [1.82, 2.24) is 0 Å². The minimum atomic E-state index is -0.274. The van der Waals surface area contributed by atoms with Crippen LogP contribution in [0.5, 0.6) is 5.75 Å². The Hall–Kier alpha value is -0.830. The molecule has 1 rings (SSSR count). The molecule has 0 spiro atoms. The molecule has 0 aliphatic heterocycles. The number of hydrogen-bond acceptors (Lipinski definition) is 2. The van der Waals surface area contributed by atoms with Crippen LogP contribution in [0.2, 0.25) is 0 Å². The summed E-state index contributed by atoms with van der Waals surface area (Å²) in [6, 6.07) is 7.52. The van der Waals surface area contributed by atoms with E-state index in [0.29, 0.717) is 5.75 Å². The normalized spacial score (nSPS) is 9.69. The van der Waals surface area contributed by atoms with Gasteiger partial charge in [0.2, 0.25) is 0 Å². The Kier molecular flexibility index (Phi) is 3.96. The van der Waals surface area contributed by atoms with Crippen LogP contribution in [0.4, 0.5) is 0 Å². The topological polar surface area (TPSA) is 26.3 Å². The lowest BCUT2D eigenvalue weighted by Gasteiger charge is -2.02. The number of alkyl halides is 1. The molecule has 0 saturated heterocycles. The van der Waals surface area contributed by atoms with Gasteiger partial charge in [0.25, 0.3) is 0 Å². The zero-order chi connectivity index (χ0) is 9.68. The standard InChI is InChI=1S/C10H11BrO2/c1-2-8-3-5-9(6-4-8)13-10(12)7-11/h3-6H,2,7H2,1H3. The van der Waals surface area contributed by atoms with Gasteiger partial charge < -0.3 is 4.74 Å². The van der Waals surface area contributed by atoms with Gasteiger partial charge in [-0.3, -0.25) is 4.79 Å². The maximum absolute atomic E-state index is 10.9. The molecule has 0 aliphatic rings. The summed E-state index contributed by atoms with van der Waals surface area (Å²) in [6.45, 7) is 2.08. The van der Waals surface area contributed by atoms with E-state index in [2.05, 4.69) is 22.9 Å². The maximum atomic E-state index is 10.9. The van der Waals surface area contributed by atoms with Crippen molar-refractivity contribution in [2.75, 3.05) is 5.33 Å². The van der Waals surface area contributed by atoms with Crippen molar-refractivity contribution in [2.45, 2.75) is 13.3 Å². The van der Waals surface area contributed by atoms with Crippen LogP contribution in [0.25, 0.3) is 0 Å². The van der Waals surface area contributed by atoms with Crippen molar-refractivity contribution in [1.29, 1.82) is 0 Å². The van der Waals surface area contributed by atoms with Crippen LogP contribution in [0, 0.1) is 0 Å². The third-order valence-corrected chi connectivity index (χ3v) is 2.13. The van der Waals surface area contributed by atoms with Crippen LogP contribution < -0.4 is 4.74 Å². The molecule has 0 atom stereocenters. The lowest BCUT2D eigenvalue weighted by atomic mass is 10.2. The highest BCUT2D eigenvalue weighted by atomic mass is 79.9. The van der Waals surface area contributed by atoms with E-state index in [1.807, 2.05) is 12.1 Å².